The Morgan fingerprint density at radius 2 is 1.57 bits per heavy atom. The summed E-state index contributed by atoms with van der Waals surface area (Å²) in [7, 11) is -1.01. The fourth-order valence-electron chi connectivity index (χ4n) is 4.63. The molecule has 1 fully saturated rings. The molecule has 0 saturated carbocycles. The Bertz CT molecular complexity index is 1950. The number of nitrogens with zero attached hydrogens (tertiary/aromatic N) is 4. The van der Waals surface area contributed by atoms with E-state index in [1.165, 1.54) is 17.0 Å². The highest BCUT2D eigenvalue weighted by Crippen LogP contribution is 2.44. The fourth-order valence-corrected chi connectivity index (χ4v) is 7.17. The predicted molar refractivity (Wildman–Crippen MR) is 161 cm³/mol. The molecule has 1 N–H and O–H groups in total. The van der Waals surface area contributed by atoms with E-state index in [9.17, 15) is 38.0 Å². The number of aromatic nitrogens is 1. The van der Waals surface area contributed by atoms with Gasteiger partial charge in [-0.3, -0.25) is 29.4 Å². The Morgan fingerprint density at radius 1 is 0.977 bits per heavy atom. The van der Waals surface area contributed by atoms with Gasteiger partial charge in [0, 0.05) is 37.4 Å². The summed E-state index contributed by atoms with van der Waals surface area (Å²) in [5.41, 5.74) is 1.38. The van der Waals surface area contributed by atoms with Crippen molar-refractivity contribution >= 4 is 55.3 Å². The summed E-state index contributed by atoms with van der Waals surface area (Å²) in [5.74, 6) is -2.74. The zero-order valence-electron chi connectivity index (χ0n) is 23.5. The lowest BCUT2D eigenvalue weighted by Crippen LogP contribution is -2.29. The number of Topliss-reactive ketones (excluding diaryl/α,β-unsaturated/α-hetero) is 1. The average Bonchev–Trinajstić information content (AvgIpc) is 3.60. The molecule has 2 amide bonds. The lowest BCUT2D eigenvalue weighted by atomic mass is 9.94. The van der Waals surface area contributed by atoms with E-state index < -0.39 is 38.3 Å². The van der Waals surface area contributed by atoms with Crippen molar-refractivity contribution in [1.82, 2.24) is 9.88 Å². The van der Waals surface area contributed by atoms with Crippen molar-refractivity contribution in [2.75, 3.05) is 19.0 Å². The number of carbonyl (C=O) groups excluding carboxylic acids is 3. The number of rotatable bonds is 7. The molecular weight excluding hydrogens is 608 g/mol. The van der Waals surface area contributed by atoms with E-state index in [1.54, 1.807) is 50.5 Å². The van der Waals surface area contributed by atoms with Crippen LogP contribution in [-0.4, -0.2) is 60.0 Å². The maximum Gasteiger partial charge on any atom is 0.301 e. The lowest BCUT2D eigenvalue weighted by molar-refractivity contribution is -0.384. The molecule has 1 aliphatic heterocycles. The van der Waals surface area contributed by atoms with Gasteiger partial charge in [-0.2, -0.15) is 0 Å². The van der Waals surface area contributed by atoms with Crippen molar-refractivity contribution in [3.05, 3.63) is 117 Å². The Morgan fingerprint density at radius 3 is 2.14 bits per heavy atom. The first-order valence-electron chi connectivity index (χ1n) is 13.0. The maximum absolute atomic E-state index is 13.5. The van der Waals surface area contributed by atoms with Crippen LogP contribution in [0.4, 0.5) is 10.8 Å². The number of aliphatic hydroxyl groups is 1. The smallest absolute Gasteiger partial charge is 0.301 e. The van der Waals surface area contributed by atoms with Gasteiger partial charge in [-0.1, -0.05) is 53.3 Å². The maximum atomic E-state index is 13.5. The third kappa shape index (κ3) is 5.36. The molecule has 5 rings (SSSR count). The van der Waals surface area contributed by atoms with Crippen LogP contribution in [-0.2, 0) is 19.4 Å². The van der Waals surface area contributed by atoms with Crippen LogP contribution in [0.25, 0.3) is 5.76 Å². The van der Waals surface area contributed by atoms with E-state index in [4.69, 9.17) is 0 Å². The van der Waals surface area contributed by atoms with Crippen LogP contribution in [0.15, 0.2) is 93.7 Å². The molecule has 0 aliphatic carbocycles. The van der Waals surface area contributed by atoms with Crippen molar-refractivity contribution in [2.24, 2.45) is 0 Å². The topological polar surface area (TPSA) is 168 Å². The number of nitro groups is 1. The monoisotopic (exact) mass is 632 g/mol. The van der Waals surface area contributed by atoms with Gasteiger partial charge in [0.1, 0.15) is 9.97 Å². The standard InChI is InChI=1S/C30H24N4O8S2/c1-17-4-6-19(7-5-17)26(35)24-25(18-8-10-20(11-9-18)28(37)32(2)3)33(29(38)27(24)36)30-31-16-23(43-30)44(41,42)22-14-12-21(13-15-22)34(39)40/h4-16,25,35H,1-3H3/b26-24+. The molecular formula is C30H24N4O8S2. The van der Waals surface area contributed by atoms with Crippen molar-refractivity contribution in [3.8, 4) is 0 Å². The third-order valence-electron chi connectivity index (χ3n) is 6.95. The molecule has 0 radical (unpaired) electrons. The van der Waals surface area contributed by atoms with E-state index in [-0.39, 0.29) is 31.4 Å². The number of anilines is 1. The summed E-state index contributed by atoms with van der Waals surface area (Å²) >= 11 is 0.625. The Labute approximate surface area is 255 Å². The number of ketones is 1. The SMILES string of the molecule is Cc1ccc(/C(O)=C2\C(=O)C(=O)N(c3ncc(S(=O)(=O)c4ccc([N+](=O)[O-])cc4)s3)C2c2ccc(C(=O)N(C)C)cc2)cc1. The first-order valence-corrected chi connectivity index (χ1v) is 15.3. The van der Waals surface area contributed by atoms with Gasteiger partial charge in [0.25, 0.3) is 17.4 Å². The number of aryl methyl sites for hydroxylation is 1. The molecule has 44 heavy (non-hydrogen) atoms. The second-order valence-corrected chi connectivity index (χ2v) is 13.3. The molecule has 3 aromatic carbocycles. The molecule has 4 aromatic rings. The van der Waals surface area contributed by atoms with Crippen LogP contribution in [0.1, 0.15) is 33.1 Å². The molecule has 1 atom stereocenters. The third-order valence-corrected chi connectivity index (χ3v) is 10.2. The van der Waals surface area contributed by atoms with Gasteiger partial charge in [-0.15, -0.1) is 0 Å². The quantitative estimate of drug-likeness (QED) is 0.101. The van der Waals surface area contributed by atoms with Gasteiger partial charge >= 0.3 is 5.91 Å². The summed E-state index contributed by atoms with van der Waals surface area (Å²) in [6.45, 7) is 1.85. The van der Waals surface area contributed by atoms with Crippen molar-refractivity contribution in [2.45, 2.75) is 22.1 Å². The van der Waals surface area contributed by atoms with Gasteiger partial charge in [0.2, 0.25) is 9.84 Å². The summed E-state index contributed by atoms with van der Waals surface area (Å²) in [4.78, 5) is 56.1. The zero-order valence-corrected chi connectivity index (χ0v) is 25.1. The van der Waals surface area contributed by atoms with E-state index in [0.29, 0.717) is 28.0 Å². The van der Waals surface area contributed by atoms with Gasteiger partial charge in [-0.25, -0.2) is 13.4 Å². The molecule has 0 bridgehead atoms. The minimum absolute atomic E-state index is 0.131. The van der Waals surface area contributed by atoms with Crippen LogP contribution in [0.2, 0.25) is 0 Å². The molecule has 1 unspecified atom stereocenters. The number of hydrogen-bond acceptors (Lipinski definition) is 10. The second kappa shape index (κ2) is 11.5. The minimum atomic E-state index is -4.20. The summed E-state index contributed by atoms with van der Waals surface area (Å²) < 4.78 is 26.4. The van der Waals surface area contributed by atoms with Gasteiger partial charge in [0.15, 0.2) is 5.13 Å². The minimum Gasteiger partial charge on any atom is -0.507 e. The van der Waals surface area contributed by atoms with Crippen LogP contribution in [0.3, 0.4) is 0 Å². The number of non-ortho nitro benzene ring substituents is 1. The fraction of sp³-hybridized carbons (Fsp3) is 0.133. The number of thiazole rings is 1. The number of carbonyl (C=O) groups is 3. The Hall–Kier alpha value is -5.21. The van der Waals surface area contributed by atoms with E-state index in [2.05, 4.69) is 4.98 Å². The molecule has 14 heteroatoms. The Balaban J connectivity index is 1.62. The van der Waals surface area contributed by atoms with Crippen LogP contribution < -0.4 is 4.90 Å². The lowest BCUT2D eigenvalue weighted by Gasteiger charge is -2.23. The van der Waals surface area contributed by atoms with Gasteiger partial charge in [0.05, 0.1) is 27.6 Å². The number of hydrogen-bond donors (Lipinski definition) is 1. The number of amides is 2. The number of aliphatic hydroxyl groups excluding tert-OH is 1. The highest BCUT2D eigenvalue weighted by Gasteiger charge is 2.48. The molecule has 0 spiro atoms. The van der Waals surface area contributed by atoms with Crippen LogP contribution >= 0.6 is 11.3 Å². The summed E-state index contributed by atoms with van der Waals surface area (Å²) in [6, 6.07) is 15.9. The highest BCUT2D eigenvalue weighted by atomic mass is 32.2. The number of benzene rings is 3. The zero-order chi connectivity index (χ0) is 31.9. The predicted octanol–water partition coefficient (Wildman–Crippen LogP) is 4.52. The first-order chi connectivity index (χ1) is 20.8. The molecule has 1 saturated heterocycles. The van der Waals surface area contributed by atoms with Gasteiger partial charge < -0.3 is 10.0 Å². The number of sulfone groups is 1. The van der Waals surface area contributed by atoms with Crippen molar-refractivity contribution < 1.29 is 32.8 Å². The normalized spacial score (nSPS) is 16.2. The van der Waals surface area contributed by atoms with Crippen molar-refractivity contribution in [1.29, 1.82) is 0 Å². The molecule has 12 nitrogen and oxygen atoms in total. The van der Waals surface area contributed by atoms with E-state index >= 15 is 0 Å². The molecule has 1 aromatic heterocycles. The van der Waals surface area contributed by atoms with Crippen molar-refractivity contribution in [3.63, 3.8) is 0 Å². The molecule has 1 aliphatic rings. The second-order valence-electron chi connectivity index (χ2n) is 10.1. The van der Waals surface area contributed by atoms with Crippen LogP contribution in [0, 0.1) is 17.0 Å². The molecule has 224 valence electrons. The average molecular weight is 633 g/mol. The first kappa shape index (κ1) is 30.3. The van der Waals surface area contributed by atoms with E-state index in [0.717, 1.165) is 40.9 Å². The molecule has 2 heterocycles. The summed E-state index contributed by atoms with van der Waals surface area (Å²) in [6.07, 6.45) is 1.03. The van der Waals surface area contributed by atoms with E-state index in [1.807, 2.05) is 6.92 Å². The Kier molecular flexibility index (Phi) is 7.88. The van der Waals surface area contributed by atoms with Crippen LogP contribution in [0.5, 0.6) is 0 Å². The summed E-state index contributed by atoms with van der Waals surface area (Å²) in [5, 5.41) is 22.2. The number of nitro benzene ring substituents is 1. The largest absolute Gasteiger partial charge is 0.507 e. The highest BCUT2D eigenvalue weighted by molar-refractivity contribution is 7.93. The van der Waals surface area contributed by atoms with Gasteiger partial charge in [-0.05, 0) is 36.8 Å².